The number of hydrogen-bond acceptors (Lipinski definition) is 5. The topological polar surface area (TPSA) is 63.7 Å². The van der Waals surface area contributed by atoms with Crippen molar-refractivity contribution >= 4 is 5.91 Å². The normalized spacial score (nSPS) is 19.6. The van der Waals surface area contributed by atoms with E-state index in [0.717, 1.165) is 57.0 Å². The standard InChI is InChI=1S/C22H27N3O3/c1-27-20-5-4-17-11-16(15-28-21(17)12-20)13-24-19-6-9-25(10-7-19)22(26)18-3-2-8-23-14-18/h2-5,8,12,14,16,19,24H,6-7,9-11,13,15H2,1H3. The molecule has 1 unspecified atom stereocenters. The molecule has 2 aromatic rings. The number of aromatic nitrogens is 1. The first kappa shape index (κ1) is 18.7. The summed E-state index contributed by atoms with van der Waals surface area (Å²) in [6.07, 6.45) is 6.31. The molecular formula is C22H27N3O3. The Hall–Kier alpha value is -2.60. The first-order valence-corrected chi connectivity index (χ1v) is 9.95. The van der Waals surface area contributed by atoms with Crippen LogP contribution >= 0.6 is 0 Å². The first-order valence-electron chi connectivity index (χ1n) is 9.95. The fraction of sp³-hybridized carbons (Fsp3) is 0.455. The second kappa shape index (κ2) is 8.61. The van der Waals surface area contributed by atoms with Crippen molar-refractivity contribution in [2.75, 3.05) is 33.4 Å². The van der Waals surface area contributed by atoms with Crippen LogP contribution in [0.5, 0.6) is 11.5 Å². The molecular weight excluding hydrogens is 354 g/mol. The van der Waals surface area contributed by atoms with Crippen LogP contribution in [-0.4, -0.2) is 55.2 Å². The molecule has 0 saturated carbocycles. The van der Waals surface area contributed by atoms with Gasteiger partial charge >= 0.3 is 0 Å². The summed E-state index contributed by atoms with van der Waals surface area (Å²) in [6, 6.07) is 10.2. The Kier molecular flexibility index (Phi) is 5.76. The van der Waals surface area contributed by atoms with Crippen molar-refractivity contribution in [3.8, 4) is 11.5 Å². The van der Waals surface area contributed by atoms with E-state index in [0.29, 0.717) is 17.5 Å². The van der Waals surface area contributed by atoms with Crippen LogP contribution in [0.1, 0.15) is 28.8 Å². The van der Waals surface area contributed by atoms with Crippen LogP contribution in [0.2, 0.25) is 0 Å². The van der Waals surface area contributed by atoms with Crippen LogP contribution in [0.4, 0.5) is 0 Å². The van der Waals surface area contributed by atoms with Gasteiger partial charge in [0, 0.05) is 50.1 Å². The molecule has 1 amide bonds. The van der Waals surface area contributed by atoms with E-state index in [-0.39, 0.29) is 5.91 Å². The van der Waals surface area contributed by atoms with Gasteiger partial charge in [-0.05, 0) is 43.0 Å². The van der Waals surface area contributed by atoms with E-state index in [1.165, 1.54) is 5.56 Å². The van der Waals surface area contributed by atoms with E-state index >= 15 is 0 Å². The molecule has 6 nitrogen and oxygen atoms in total. The monoisotopic (exact) mass is 381 g/mol. The molecule has 148 valence electrons. The van der Waals surface area contributed by atoms with E-state index in [9.17, 15) is 4.79 Å². The van der Waals surface area contributed by atoms with Gasteiger partial charge in [0.25, 0.3) is 5.91 Å². The van der Waals surface area contributed by atoms with E-state index in [4.69, 9.17) is 9.47 Å². The number of hydrogen-bond donors (Lipinski definition) is 1. The highest BCUT2D eigenvalue weighted by molar-refractivity contribution is 5.93. The molecule has 2 aliphatic heterocycles. The fourth-order valence-corrected chi connectivity index (χ4v) is 3.97. The third-order valence-electron chi connectivity index (χ3n) is 5.64. The average Bonchev–Trinajstić information content (AvgIpc) is 2.77. The van der Waals surface area contributed by atoms with Crippen molar-refractivity contribution in [2.45, 2.75) is 25.3 Å². The molecule has 28 heavy (non-hydrogen) atoms. The van der Waals surface area contributed by atoms with Gasteiger partial charge in [0.15, 0.2) is 0 Å². The lowest BCUT2D eigenvalue weighted by molar-refractivity contribution is 0.0702. The van der Waals surface area contributed by atoms with Crippen LogP contribution < -0.4 is 14.8 Å². The van der Waals surface area contributed by atoms with Crippen molar-refractivity contribution in [3.05, 3.63) is 53.9 Å². The predicted molar refractivity (Wildman–Crippen MR) is 107 cm³/mol. The summed E-state index contributed by atoms with van der Waals surface area (Å²) < 4.78 is 11.2. The Labute approximate surface area is 165 Å². The van der Waals surface area contributed by atoms with Crippen LogP contribution in [0.25, 0.3) is 0 Å². The maximum absolute atomic E-state index is 12.5. The average molecular weight is 381 g/mol. The Morgan fingerprint density at radius 3 is 2.93 bits per heavy atom. The predicted octanol–water partition coefficient (Wildman–Crippen LogP) is 2.54. The third-order valence-corrected chi connectivity index (χ3v) is 5.64. The lowest BCUT2D eigenvalue weighted by Gasteiger charge is -2.34. The van der Waals surface area contributed by atoms with Crippen molar-refractivity contribution in [1.29, 1.82) is 0 Å². The highest BCUT2D eigenvalue weighted by Crippen LogP contribution is 2.31. The Morgan fingerprint density at radius 1 is 1.32 bits per heavy atom. The number of carbonyl (C=O) groups excluding carboxylic acids is 1. The first-order chi connectivity index (χ1) is 13.7. The number of amides is 1. The van der Waals surface area contributed by atoms with Crippen molar-refractivity contribution in [1.82, 2.24) is 15.2 Å². The minimum Gasteiger partial charge on any atom is -0.497 e. The van der Waals surface area contributed by atoms with Gasteiger partial charge in [-0.2, -0.15) is 0 Å². The van der Waals surface area contributed by atoms with Gasteiger partial charge in [0.2, 0.25) is 0 Å². The van der Waals surface area contributed by atoms with Gasteiger partial charge in [0.05, 0.1) is 19.3 Å². The summed E-state index contributed by atoms with van der Waals surface area (Å²) in [5.74, 6) is 2.33. The maximum Gasteiger partial charge on any atom is 0.255 e. The number of ether oxygens (including phenoxy) is 2. The molecule has 2 aliphatic rings. The summed E-state index contributed by atoms with van der Waals surface area (Å²) in [5, 5.41) is 3.69. The van der Waals surface area contributed by atoms with Crippen LogP contribution in [0.15, 0.2) is 42.7 Å². The summed E-state index contributed by atoms with van der Waals surface area (Å²) in [5.41, 5.74) is 1.92. The quantitative estimate of drug-likeness (QED) is 0.862. The SMILES string of the molecule is COc1ccc2c(c1)OCC(CNC1CCN(C(=O)c3cccnc3)CC1)C2. The summed E-state index contributed by atoms with van der Waals surface area (Å²) in [7, 11) is 1.67. The summed E-state index contributed by atoms with van der Waals surface area (Å²) >= 11 is 0. The van der Waals surface area contributed by atoms with Crippen molar-refractivity contribution in [2.24, 2.45) is 5.92 Å². The molecule has 6 heteroatoms. The van der Waals surface area contributed by atoms with Gasteiger partial charge in [0.1, 0.15) is 11.5 Å². The molecule has 1 atom stereocenters. The largest absolute Gasteiger partial charge is 0.497 e. The lowest BCUT2D eigenvalue weighted by Crippen LogP contribution is -2.46. The minimum absolute atomic E-state index is 0.0827. The highest BCUT2D eigenvalue weighted by Gasteiger charge is 2.25. The molecule has 1 saturated heterocycles. The maximum atomic E-state index is 12.5. The molecule has 1 aromatic heterocycles. The van der Waals surface area contributed by atoms with Crippen molar-refractivity contribution in [3.63, 3.8) is 0 Å². The van der Waals surface area contributed by atoms with Gasteiger partial charge in [-0.3, -0.25) is 9.78 Å². The molecule has 1 fully saturated rings. The number of likely N-dealkylation sites (tertiary alicyclic amines) is 1. The second-order valence-corrected chi connectivity index (χ2v) is 7.57. The molecule has 0 aliphatic carbocycles. The second-order valence-electron chi connectivity index (χ2n) is 7.57. The molecule has 0 radical (unpaired) electrons. The lowest BCUT2D eigenvalue weighted by atomic mass is 9.95. The number of rotatable bonds is 5. The Morgan fingerprint density at radius 2 is 2.18 bits per heavy atom. The minimum atomic E-state index is 0.0827. The van der Waals surface area contributed by atoms with E-state index in [1.807, 2.05) is 29.2 Å². The number of piperidine rings is 1. The zero-order valence-electron chi connectivity index (χ0n) is 16.3. The molecule has 1 N–H and O–H groups in total. The molecule has 1 aromatic carbocycles. The third kappa shape index (κ3) is 4.28. The molecule has 0 spiro atoms. The molecule has 0 bridgehead atoms. The fourth-order valence-electron chi connectivity index (χ4n) is 3.97. The summed E-state index contributed by atoms with van der Waals surface area (Å²) in [4.78, 5) is 18.5. The molecule has 4 rings (SSSR count). The Bertz CT molecular complexity index is 804. The number of fused-ring (bicyclic) bond motifs is 1. The van der Waals surface area contributed by atoms with E-state index < -0.39 is 0 Å². The van der Waals surface area contributed by atoms with Crippen LogP contribution in [-0.2, 0) is 6.42 Å². The number of methoxy groups -OCH3 is 1. The summed E-state index contributed by atoms with van der Waals surface area (Å²) in [6.45, 7) is 3.24. The van der Waals surface area contributed by atoms with Crippen molar-refractivity contribution < 1.29 is 14.3 Å². The van der Waals surface area contributed by atoms with Crippen LogP contribution in [0, 0.1) is 5.92 Å². The number of nitrogens with one attached hydrogen (secondary N) is 1. The van der Waals surface area contributed by atoms with E-state index in [1.54, 1.807) is 19.5 Å². The van der Waals surface area contributed by atoms with Gasteiger partial charge in [-0.1, -0.05) is 6.07 Å². The van der Waals surface area contributed by atoms with Gasteiger partial charge < -0.3 is 19.7 Å². The number of benzene rings is 1. The van der Waals surface area contributed by atoms with Crippen LogP contribution in [0.3, 0.4) is 0 Å². The van der Waals surface area contributed by atoms with E-state index in [2.05, 4.69) is 16.4 Å². The Balaban J connectivity index is 1.23. The zero-order valence-corrected chi connectivity index (χ0v) is 16.3. The smallest absolute Gasteiger partial charge is 0.255 e. The highest BCUT2D eigenvalue weighted by atomic mass is 16.5. The van der Waals surface area contributed by atoms with Gasteiger partial charge in [-0.25, -0.2) is 0 Å². The zero-order chi connectivity index (χ0) is 19.3. The number of carbonyl (C=O) groups is 1. The molecule has 3 heterocycles. The van der Waals surface area contributed by atoms with Gasteiger partial charge in [-0.15, -0.1) is 0 Å². The number of nitrogens with zero attached hydrogens (tertiary/aromatic N) is 2. The number of pyridine rings is 1.